The molecule has 3 aromatic carbocycles. The summed E-state index contributed by atoms with van der Waals surface area (Å²) in [7, 11) is 0. The van der Waals surface area contributed by atoms with Gasteiger partial charge >= 0.3 is 0 Å². The number of benzene rings is 3. The van der Waals surface area contributed by atoms with E-state index in [2.05, 4.69) is 10.6 Å². The van der Waals surface area contributed by atoms with Crippen molar-refractivity contribution in [3.63, 3.8) is 0 Å². The Morgan fingerprint density at radius 2 is 1.55 bits per heavy atom. The van der Waals surface area contributed by atoms with Gasteiger partial charge in [-0.1, -0.05) is 41.9 Å². The highest BCUT2D eigenvalue weighted by Gasteiger charge is 2.07. The van der Waals surface area contributed by atoms with E-state index in [-0.39, 0.29) is 18.2 Å². The van der Waals surface area contributed by atoms with Crippen LogP contribution in [0.15, 0.2) is 78.9 Å². The van der Waals surface area contributed by atoms with Crippen molar-refractivity contribution in [3.8, 4) is 5.75 Å². The molecule has 2 amide bonds. The molecule has 6 heteroatoms. The molecule has 5 nitrogen and oxygen atoms in total. The number of hydrogen-bond donors (Lipinski definition) is 2. The van der Waals surface area contributed by atoms with Gasteiger partial charge in [0.25, 0.3) is 5.91 Å². The van der Waals surface area contributed by atoms with Crippen molar-refractivity contribution >= 4 is 29.1 Å². The highest BCUT2D eigenvalue weighted by Crippen LogP contribution is 2.15. The van der Waals surface area contributed by atoms with Crippen molar-refractivity contribution in [2.24, 2.45) is 0 Å². The lowest BCUT2D eigenvalue weighted by Gasteiger charge is -2.08. The van der Waals surface area contributed by atoms with Crippen LogP contribution < -0.4 is 15.4 Å². The molecule has 0 aliphatic rings. The smallest absolute Gasteiger partial charge is 0.255 e. The number of para-hydroxylation sites is 1. The predicted octanol–water partition coefficient (Wildman–Crippen LogP) is 4.68. The summed E-state index contributed by atoms with van der Waals surface area (Å²) in [5, 5.41) is 6.27. The van der Waals surface area contributed by atoms with Crippen LogP contribution in [0.4, 0.5) is 5.69 Å². The third kappa shape index (κ3) is 6.66. The molecular weight excluding hydrogens is 388 g/mol. The standard InChI is InChI=1S/C23H21ClN2O3/c24-19-10-12-20(13-11-19)26-23(28)18-8-6-17(7-9-18)16-25-22(27)14-15-29-21-4-2-1-3-5-21/h1-13H,14-16H2,(H,25,27)(H,26,28). The van der Waals surface area contributed by atoms with Gasteiger partial charge in [-0.2, -0.15) is 0 Å². The van der Waals surface area contributed by atoms with Gasteiger partial charge in [0.15, 0.2) is 0 Å². The first-order valence-electron chi connectivity index (χ1n) is 9.20. The molecule has 0 radical (unpaired) electrons. The number of nitrogens with one attached hydrogen (secondary N) is 2. The summed E-state index contributed by atoms with van der Waals surface area (Å²) < 4.78 is 5.51. The molecule has 0 heterocycles. The topological polar surface area (TPSA) is 67.4 Å². The van der Waals surface area contributed by atoms with Gasteiger partial charge < -0.3 is 15.4 Å². The normalized spacial score (nSPS) is 10.2. The maximum absolute atomic E-state index is 12.3. The van der Waals surface area contributed by atoms with E-state index < -0.39 is 0 Å². The van der Waals surface area contributed by atoms with Gasteiger partial charge in [0.2, 0.25) is 5.91 Å². The number of halogens is 1. The minimum atomic E-state index is -0.207. The van der Waals surface area contributed by atoms with E-state index >= 15 is 0 Å². The summed E-state index contributed by atoms with van der Waals surface area (Å²) in [5.41, 5.74) is 2.12. The summed E-state index contributed by atoms with van der Waals surface area (Å²) in [6.45, 7) is 0.711. The van der Waals surface area contributed by atoms with Gasteiger partial charge in [0.05, 0.1) is 13.0 Å². The lowest BCUT2D eigenvalue weighted by Crippen LogP contribution is -2.24. The fourth-order valence-corrected chi connectivity index (χ4v) is 2.70. The SMILES string of the molecule is O=C(CCOc1ccccc1)NCc1ccc(C(=O)Nc2ccc(Cl)cc2)cc1. The van der Waals surface area contributed by atoms with E-state index in [9.17, 15) is 9.59 Å². The van der Waals surface area contributed by atoms with Crippen molar-refractivity contribution in [2.75, 3.05) is 11.9 Å². The zero-order valence-corrected chi connectivity index (χ0v) is 16.5. The number of carbonyl (C=O) groups is 2. The molecule has 0 saturated heterocycles. The molecule has 0 atom stereocenters. The molecule has 0 fully saturated rings. The van der Waals surface area contributed by atoms with Gasteiger partial charge in [-0.05, 0) is 54.1 Å². The quantitative estimate of drug-likeness (QED) is 0.568. The monoisotopic (exact) mass is 408 g/mol. The van der Waals surface area contributed by atoms with Gasteiger partial charge in [-0.15, -0.1) is 0 Å². The molecule has 0 unspecified atom stereocenters. The number of rotatable bonds is 8. The van der Waals surface area contributed by atoms with E-state index in [4.69, 9.17) is 16.3 Å². The average molecular weight is 409 g/mol. The first kappa shape index (κ1) is 20.4. The van der Waals surface area contributed by atoms with Gasteiger partial charge in [-0.3, -0.25) is 9.59 Å². The second-order valence-corrected chi connectivity index (χ2v) is 6.78. The third-order valence-corrected chi connectivity index (χ3v) is 4.40. The zero-order chi connectivity index (χ0) is 20.5. The molecule has 0 aromatic heterocycles. The Labute approximate surface area is 174 Å². The Morgan fingerprint density at radius 1 is 0.862 bits per heavy atom. The molecule has 0 bridgehead atoms. The predicted molar refractivity (Wildman–Crippen MR) is 114 cm³/mol. The molecule has 3 aromatic rings. The maximum Gasteiger partial charge on any atom is 0.255 e. The number of anilines is 1. The van der Waals surface area contributed by atoms with Crippen LogP contribution >= 0.6 is 11.6 Å². The number of carbonyl (C=O) groups excluding carboxylic acids is 2. The second-order valence-electron chi connectivity index (χ2n) is 6.35. The van der Waals surface area contributed by atoms with Crippen molar-refractivity contribution in [1.82, 2.24) is 5.32 Å². The molecule has 148 valence electrons. The average Bonchev–Trinajstić information content (AvgIpc) is 2.75. The fraction of sp³-hybridized carbons (Fsp3) is 0.130. The summed E-state index contributed by atoms with van der Waals surface area (Å²) in [6.07, 6.45) is 0.274. The zero-order valence-electron chi connectivity index (χ0n) is 15.7. The number of ether oxygens (including phenoxy) is 1. The summed E-state index contributed by atoms with van der Waals surface area (Å²) >= 11 is 5.84. The van der Waals surface area contributed by atoms with Gasteiger partial charge in [-0.25, -0.2) is 0 Å². The van der Waals surface area contributed by atoms with Crippen molar-refractivity contribution in [2.45, 2.75) is 13.0 Å². The van der Waals surface area contributed by atoms with E-state index in [1.807, 2.05) is 42.5 Å². The Morgan fingerprint density at radius 3 is 2.24 bits per heavy atom. The minimum absolute atomic E-state index is 0.0921. The Bertz CT molecular complexity index is 942. The number of hydrogen-bond acceptors (Lipinski definition) is 3. The van der Waals surface area contributed by atoms with Crippen molar-refractivity contribution in [1.29, 1.82) is 0 Å². The van der Waals surface area contributed by atoms with Crippen LogP contribution in [0, 0.1) is 0 Å². The van der Waals surface area contributed by atoms with E-state index in [1.54, 1.807) is 36.4 Å². The second kappa shape index (κ2) is 10.3. The van der Waals surface area contributed by atoms with Crippen LogP contribution in [0.1, 0.15) is 22.3 Å². The molecular formula is C23H21ClN2O3. The molecule has 29 heavy (non-hydrogen) atoms. The van der Waals surface area contributed by atoms with Crippen molar-refractivity contribution < 1.29 is 14.3 Å². The maximum atomic E-state index is 12.3. The lowest BCUT2D eigenvalue weighted by molar-refractivity contribution is -0.121. The van der Waals surface area contributed by atoms with Crippen LogP contribution in [0.3, 0.4) is 0 Å². The molecule has 0 aliphatic heterocycles. The summed E-state index contributed by atoms with van der Waals surface area (Å²) in [5.74, 6) is 0.444. The lowest BCUT2D eigenvalue weighted by atomic mass is 10.1. The first-order valence-corrected chi connectivity index (χ1v) is 9.58. The minimum Gasteiger partial charge on any atom is -0.493 e. The summed E-state index contributed by atoms with van der Waals surface area (Å²) in [4.78, 5) is 24.2. The van der Waals surface area contributed by atoms with E-state index in [1.165, 1.54) is 0 Å². The molecule has 3 rings (SSSR count). The molecule has 2 N–H and O–H groups in total. The first-order chi connectivity index (χ1) is 14.1. The Kier molecular flexibility index (Phi) is 7.25. The van der Waals surface area contributed by atoms with Crippen LogP contribution in [-0.2, 0) is 11.3 Å². The van der Waals surface area contributed by atoms with E-state index in [0.29, 0.717) is 29.4 Å². The van der Waals surface area contributed by atoms with Crippen LogP contribution in [0.2, 0.25) is 5.02 Å². The largest absolute Gasteiger partial charge is 0.493 e. The van der Waals surface area contributed by atoms with Crippen molar-refractivity contribution in [3.05, 3.63) is 95.0 Å². The van der Waals surface area contributed by atoms with E-state index in [0.717, 1.165) is 11.3 Å². The van der Waals surface area contributed by atoms with Gasteiger partial charge in [0.1, 0.15) is 5.75 Å². The Hall–Kier alpha value is -3.31. The number of amides is 2. The third-order valence-electron chi connectivity index (χ3n) is 4.15. The summed E-state index contributed by atoms with van der Waals surface area (Å²) in [6, 6.07) is 23.4. The molecule has 0 spiro atoms. The molecule has 0 saturated carbocycles. The van der Waals surface area contributed by atoms with Gasteiger partial charge in [0, 0.05) is 22.8 Å². The highest BCUT2D eigenvalue weighted by molar-refractivity contribution is 6.30. The van der Waals surface area contributed by atoms with Crippen LogP contribution in [0.5, 0.6) is 5.75 Å². The molecule has 0 aliphatic carbocycles. The van der Waals surface area contributed by atoms with Crippen LogP contribution in [0.25, 0.3) is 0 Å². The Balaban J connectivity index is 1.42. The fourth-order valence-electron chi connectivity index (χ4n) is 2.58. The van der Waals surface area contributed by atoms with Crippen LogP contribution in [-0.4, -0.2) is 18.4 Å². The highest BCUT2D eigenvalue weighted by atomic mass is 35.5.